The number of hydrogen-bond donors (Lipinski definition) is 2. The maximum atomic E-state index is 13.3. The highest BCUT2D eigenvalue weighted by Gasteiger charge is 2.22. The molecule has 3 aromatic rings. The number of rotatable bonds is 10. The van der Waals surface area contributed by atoms with Crippen LogP contribution in [0.4, 0.5) is 11.4 Å². The zero-order chi connectivity index (χ0) is 25.2. The maximum Gasteiger partial charge on any atom is 0.253 e. The predicted molar refractivity (Wildman–Crippen MR) is 144 cm³/mol. The number of amides is 2. The third-order valence-corrected chi connectivity index (χ3v) is 6.54. The highest BCUT2D eigenvalue weighted by atomic mass is 16.5. The average molecular weight is 486 g/mol. The lowest BCUT2D eigenvalue weighted by atomic mass is 9.97. The topological polar surface area (TPSA) is 70.7 Å². The van der Waals surface area contributed by atoms with Crippen LogP contribution < -0.4 is 15.5 Å². The Balaban J connectivity index is 1.40. The van der Waals surface area contributed by atoms with E-state index in [0.29, 0.717) is 30.3 Å². The van der Waals surface area contributed by atoms with Gasteiger partial charge in [0.25, 0.3) is 5.91 Å². The Morgan fingerprint density at radius 1 is 0.917 bits per heavy atom. The third kappa shape index (κ3) is 7.43. The smallest absolute Gasteiger partial charge is 0.253 e. The van der Waals surface area contributed by atoms with Gasteiger partial charge in [0.05, 0.1) is 12.2 Å². The van der Waals surface area contributed by atoms with Crippen LogP contribution in [0.2, 0.25) is 0 Å². The Kier molecular flexibility index (Phi) is 9.11. The lowest BCUT2D eigenvalue weighted by Gasteiger charge is -2.33. The molecule has 1 aliphatic rings. The van der Waals surface area contributed by atoms with Crippen molar-refractivity contribution in [1.82, 2.24) is 5.32 Å². The summed E-state index contributed by atoms with van der Waals surface area (Å²) < 4.78 is 5.56. The second-order valence-corrected chi connectivity index (χ2v) is 9.42. The van der Waals surface area contributed by atoms with Crippen LogP contribution in [0.3, 0.4) is 0 Å². The van der Waals surface area contributed by atoms with Crippen molar-refractivity contribution < 1.29 is 14.3 Å². The monoisotopic (exact) mass is 485 g/mol. The van der Waals surface area contributed by atoms with Crippen molar-refractivity contribution in [3.05, 3.63) is 95.6 Å². The summed E-state index contributed by atoms with van der Waals surface area (Å²) in [7, 11) is 0. The van der Waals surface area contributed by atoms with E-state index in [-0.39, 0.29) is 18.4 Å². The van der Waals surface area contributed by atoms with E-state index in [0.717, 1.165) is 43.6 Å². The van der Waals surface area contributed by atoms with E-state index in [4.69, 9.17) is 4.74 Å². The summed E-state index contributed by atoms with van der Waals surface area (Å²) in [5.74, 6) is 0.316. The molecule has 0 unspecified atom stereocenters. The molecule has 0 aromatic heterocycles. The van der Waals surface area contributed by atoms with Crippen molar-refractivity contribution in [3.63, 3.8) is 0 Å². The van der Waals surface area contributed by atoms with Crippen LogP contribution in [0.25, 0.3) is 0 Å². The van der Waals surface area contributed by atoms with E-state index in [2.05, 4.69) is 34.6 Å². The molecule has 1 fully saturated rings. The third-order valence-electron chi connectivity index (χ3n) is 6.54. The van der Waals surface area contributed by atoms with Gasteiger partial charge in [-0.25, -0.2) is 0 Å². The molecule has 6 nitrogen and oxygen atoms in total. The molecule has 188 valence electrons. The van der Waals surface area contributed by atoms with Crippen molar-refractivity contribution in [3.8, 4) is 0 Å². The Morgan fingerprint density at radius 3 is 2.28 bits per heavy atom. The van der Waals surface area contributed by atoms with Crippen LogP contribution in [0.15, 0.2) is 78.9 Å². The van der Waals surface area contributed by atoms with Gasteiger partial charge in [-0.2, -0.15) is 0 Å². The highest BCUT2D eigenvalue weighted by molar-refractivity contribution is 6.02. The number of benzene rings is 3. The summed E-state index contributed by atoms with van der Waals surface area (Å²) in [6.07, 6.45) is 2.97. The van der Waals surface area contributed by atoms with Gasteiger partial charge < -0.3 is 20.3 Å². The number of carbonyl (C=O) groups excluding carboxylic acids is 2. The number of nitrogens with zero attached hydrogens (tertiary/aromatic N) is 1. The molecule has 0 spiro atoms. The molecule has 0 bridgehead atoms. The molecule has 0 aliphatic carbocycles. The van der Waals surface area contributed by atoms with Crippen LogP contribution in [0.5, 0.6) is 0 Å². The lowest BCUT2D eigenvalue weighted by Crippen LogP contribution is -2.35. The fraction of sp³-hybridized carbons (Fsp3) is 0.333. The molecular weight excluding hydrogens is 450 g/mol. The first kappa shape index (κ1) is 25.5. The number of nitrogens with one attached hydrogen (secondary N) is 2. The van der Waals surface area contributed by atoms with Gasteiger partial charge in [0.1, 0.15) is 6.61 Å². The van der Waals surface area contributed by atoms with Gasteiger partial charge in [0, 0.05) is 31.0 Å². The molecule has 3 aromatic carbocycles. The zero-order valence-electron chi connectivity index (χ0n) is 20.9. The first-order valence-electron chi connectivity index (χ1n) is 12.7. The van der Waals surface area contributed by atoms with Crippen LogP contribution in [0, 0.1) is 5.92 Å². The molecule has 2 amide bonds. The molecule has 4 rings (SSSR count). The summed E-state index contributed by atoms with van der Waals surface area (Å²) in [6.45, 7) is 4.97. The van der Waals surface area contributed by atoms with Crippen molar-refractivity contribution in [2.24, 2.45) is 5.92 Å². The molecule has 1 saturated heterocycles. The quantitative estimate of drug-likeness (QED) is 0.422. The number of anilines is 2. The molecule has 1 aliphatic heterocycles. The van der Waals surface area contributed by atoms with E-state index in [9.17, 15) is 9.59 Å². The zero-order valence-corrected chi connectivity index (χ0v) is 20.9. The van der Waals surface area contributed by atoms with Gasteiger partial charge in [0.15, 0.2) is 0 Å². The second-order valence-electron chi connectivity index (χ2n) is 9.42. The molecule has 2 N–H and O–H groups in total. The molecule has 0 saturated carbocycles. The van der Waals surface area contributed by atoms with Crippen molar-refractivity contribution in [1.29, 1.82) is 0 Å². The van der Waals surface area contributed by atoms with Gasteiger partial charge in [-0.1, -0.05) is 67.6 Å². The lowest BCUT2D eigenvalue weighted by molar-refractivity contribution is -0.121. The summed E-state index contributed by atoms with van der Waals surface area (Å²) in [6, 6.07) is 25.4. The second kappa shape index (κ2) is 12.9. The number of piperidine rings is 1. The number of ether oxygens (including phenoxy) is 1. The fourth-order valence-corrected chi connectivity index (χ4v) is 4.41. The van der Waals surface area contributed by atoms with Gasteiger partial charge in [0.2, 0.25) is 5.91 Å². The van der Waals surface area contributed by atoms with E-state index in [1.165, 1.54) is 5.56 Å². The first-order chi connectivity index (χ1) is 17.6. The van der Waals surface area contributed by atoms with Crippen LogP contribution in [0.1, 0.15) is 41.3 Å². The number of hydrogen-bond acceptors (Lipinski definition) is 4. The Bertz CT molecular complexity index is 1130. The minimum absolute atomic E-state index is 0.0563. The van der Waals surface area contributed by atoms with Gasteiger partial charge in [-0.15, -0.1) is 0 Å². The van der Waals surface area contributed by atoms with Crippen LogP contribution >= 0.6 is 0 Å². The van der Waals surface area contributed by atoms with E-state index in [1.54, 1.807) is 6.07 Å². The predicted octanol–water partition coefficient (Wildman–Crippen LogP) is 5.05. The highest BCUT2D eigenvalue weighted by Crippen LogP contribution is 2.28. The van der Waals surface area contributed by atoms with Gasteiger partial charge in [-0.05, 0) is 54.5 Å². The average Bonchev–Trinajstić information content (AvgIpc) is 2.90. The van der Waals surface area contributed by atoms with Crippen molar-refractivity contribution in [2.75, 3.05) is 36.5 Å². The summed E-state index contributed by atoms with van der Waals surface area (Å²) in [5.41, 5.74) is 4.28. The molecule has 6 heteroatoms. The molecule has 0 atom stereocenters. The Hall–Kier alpha value is -3.64. The SMILES string of the molecule is CC1CCN(c2ccc(NC(=O)COCc3ccccc3)cc2C(=O)NCCc2ccccc2)CC1. The first-order valence-corrected chi connectivity index (χ1v) is 12.7. The standard InChI is InChI=1S/C30H35N3O3/c1-23-15-18-33(19-16-23)28-13-12-26(32-29(34)22-36-21-25-10-6-3-7-11-25)20-27(28)30(35)31-17-14-24-8-4-2-5-9-24/h2-13,20,23H,14-19,21-22H2,1H3,(H,31,35)(H,32,34). The van der Waals surface area contributed by atoms with Gasteiger partial charge >= 0.3 is 0 Å². The Labute approximate surface area is 213 Å². The number of carbonyl (C=O) groups is 2. The molecule has 1 heterocycles. The largest absolute Gasteiger partial charge is 0.371 e. The maximum absolute atomic E-state index is 13.3. The Morgan fingerprint density at radius 2 is 1.58 bits per heavy atom. The van der Waals surface area contributed by atoms with Crippen LogP contribution in [-0.4, -0.2) is 38.1 Å². The van der Waals surface area contributed by atoms with E-state index >= 15 is 0 Å². The van der Waals surface area contributed by atoms with E-state index < -0.39 is 0 Å². The summed E-state index contributed by atoms with van der Waals surface area (Å²) >= 11 is 0. The molecule has 36 heavy (non-hydrogen) atoms. The van der Waals surface area contributed by atoms with Gasteiger partial charge in [-0.3, -0.25) is 9.59 Å². The van der Waals surface area contributed by atoms with E-state index in [1.807, 2.05) is 60.7 Å². The summed E-state index contributed by atoms with van der Waals surface area (Å²) in [4.78, 5) is 28.0. The van der Waals surface area contributed by atoms with Crippen molar-refractivity contribution in [2.45, 2.75) is 32.8 Å². The molecule has 0 radical (unpaired) electrons. The summed E-state index contributed by atoms with van der Waals surface area (Å²) in [5, 5.41) is 5.95. The van der Waals surface area contributed by atoms with Crippen LogP contribution in [-0.2, 0) is 22.6 Å². The minimum Gasteiger partial charge on any atom is -0.371 e. The normalized spacial score (nSPS) is 13.9. The molecular formula is C30H35N3O3. The van der Waals surface area contributed by atoms with Crippen molar-refractivity contribution >= 4 is 23.2 Å². The minimum atomic E-state index is -0.249. The fourth-order valence-electron chi connectivity index (χ4n) is 4.41.